The Balaban J connectivity index is 4.47. The molecule has 0 aromatic rings. The molecule has 4 nitrogen and oxygen atoms in total. The Labute approximate surface area is 73.7 Å². The Morgan fingerprint density at radius 2 is 2.00 bits per heavy atom. The van der Waals surface area contributed by atoms with Crippen LogP contribution in [0.25, 0.3) is 0 Å². The minimum absolute atomic E-state index is 0.190. The monoisotopic (exact) mass is 170 g/mol. The van der Waals surface area contributed by atoms with Crippen molar-refractivity contribution in [1.29, 1.82) is 5.53 Å². The Bertz CT molecular complexity index is 181. The number of hydrazone groups is 1. The van der Waals surface area contributed by atoms with Crippen molar-refractivity contribution in [3.63, 3.8) is 0 Å². The maximum Gasteiger partial charge on any atom is 0.175 e. The van der Waals surface area contributed by atoms with E-state index in [1.165, 1.54) is 0 Å². The predicted octanol–water partition coefficient (Wildman–Crippen LogP) is 2.36. The molecule has 3 N–H and O–H groups in total. The van der Waals surface area contributed by atoms with E-state index in [0.717, 1.165) is 6.42 Å². The number of rotatable bonds is 3. The normalized spacial score (nSPS) is 13.6. The molecule has 0 amide bonds. The molecule has 0 aliphatic heterocycles. The molecule has 0 spiro atoms. The zero-order valence-corrected chi connectivity index (χ0v) is 8.26. The van der Waals surface area contributed by atoms with E-state index in [1.54, 1.807) is 0 Å². The van der Waals surface area contributed by atoms with Gasteiger partial charge in [0.2, 0.25) is 0 Å². The van der Waals surface area contributed by atoms with Crippen LogP contribution in [0.15, 0.2) is 10.2 Å². The van der Waals surface area contributed by atoms with Crippen LogP contribution in [0.1, 0.15) is 34.1 Å². The first kappa shape index (κ1) is 11.1. The van der Waals surface area contributed by atoms with E-state index >= 15 is 0 Å². The molecule has 0 unspecified atom stereocenters. The van der Waals surface area contributed by atoms with Crippen molar-refractivity contribution in [3.05, 3.63) is 0 Å². The highest BCUT2D eigenvalue weighted by atomic mass is 15.2. The molecule has 0 saturated carbocycles. The minimum Gasteiger partial charge on any atom is -0.321 e. The van der Waals surface area contributed by atoms with Gasteiger partial charge in [-0.3, -0.25) is 0 Å². The van der Waals surface area contributed by atoms with Gasteiger partial charge in [0, 0.05) is 5.41 Å². The topological polar surface area (TPSA) is 74.6 Å². The Morgan fingerprint density at radius 3 is 2.25 bits per heavy atom. The molecule has 12 heavy (non-hydrogen) atoms. The highest BCUT2D eigenvalue weighted by Gasteiger charge is 2.26. The second-order valence-electron chi connectivity index (χ2n) is 4.05. The van der Waals surface area contributed by atoms with Crippen LogP contribution in [-0.2, 0) is 0 Å². The second-order valence-corrected chi connectivity index (χ2v) is 4.05. The number of nitrogens with zero attached hydrogens (tertiary/aromatic N) is 2. The summed E-state index contributed by atoms with van der Waals surface area (Å²) in [5.41, 5.74) is 6.68. The highest BCUT2D eigenvalue weighted by Crippen LogP contribution is 2.27. The summed E-state index contributed by atoms with van der Waals surface area (Å²) in [7, 11) is 0. The van der Waals surface area contributed by atoms with E-state index in [0.29, 0.717) is 11.8 Å². The zero-order chi connectivity index (χ0) is 9.78. The molecule has 4 heteroatoms. The van der Waals surface area contributed by atoms with Crippen LogP contribution in [0.4, 0.5) is 0 Å². The summed E-state index contributed by atoms with van der Waals surface area (Å²) in [5.74, 6) is 6.09. The van der Waals surface area contributed by atoms with Gasteiger partial charge in [0.25, 0.3) is 0 Å². The van der Waals surface area contributed by atoms with E-state index in [9.17, 15) is 0 Å². The van der Waals surface area contributed by atoms with Crippen molar-refractivity contribution < 1.29 is 0 Å². The molecule has 0 atom stereocenters. The van der Waals surface area contributed by atoms with Crippen LogP contribution >= 0.6 is 0 Å². The van der Waals surface area contributed by atoms with Gasteiger partial charge in [-0.05, 0) is 12.3 Å². The molecule has 0 heterocycles. The van der Waals surface area contributed by atoms with Gasteiger partial charge in [0.15, 0.2) is 5.84 Å². The van der Waals surface area contributed by atoms with Crippen LogP contribution in [0.3, 0.4) is 0 Å². The first-order valence-electron chi connectivity index (χ1n) is 4.10. The van der Waals surface area contributed by atoms with Crippen LogP contribution in [0.2, 0.25) is 0 Å². The van der Waals surface area contributed by atoms with Gasteiger partial charge in [-0.1, -0.05) is 27.7 Å². The summed E-state index contributed by atoms with van der Waals surface area (Å²) in [6.45, 7) is 8.24. The molecular weight excluding hydrogens is 152 g/mol. The molecule has 0 bridgehead atoms. The van der Waals surface area contributed by atoms with Gasteiger partial charge in [0.05, 0.1) is 0 Å². The van der Waals surface area contributed by atoms with Crippen molar-refractivity contribution in [2.45, 2.75) is 34.1 Å². The zero-order valence-electron chi connectivity index (χ0n) is 8.26. The van der Waals surface area contributed by atoms with E-state index < -0.39 is 0 Å². The average Bonchev–Trinajstić information content (AvgIpc) is 1.85. The summed E-state index contributed by atoms with van der Waals surface area (Å²) < 4.78 is 0. The summed E-state index contributed by atoms with van der Waals surface area (Å²) in [6, 6.07) is 0. The first-order valence-corrected chi connectivity index (χ1v) is 4.10. The fraction of sp³-hybridized carbons (Fsp3) is 0.875. The lowest BCUT2D eigenvalue weighted by Gasteiger charge is -2.24. The lowest BCUT2D eigenvalue weighted by molar-refractivity contribution is 0.389. The van der Waals surface area contributed by atoms with E-state index in [2.05, 4.69) is 24.1 Å². The van der Waals surface area contributed by atoms with Crippen LogP contribution in [0.5, 0.6) is 0 Å². The Hall–Kier alpha value is -0.930. The van der Waals surface area contributed by atoms with Gasteiger partial charge >= 0.3 is 0 Å². The van der Waals surface area contributed by atoms with Gasteiger partial charge in [-0.25, -0.2) is 5.53 Å². The van der Waals surface area contributed by atoms with Crippen LogP contribution < -0.4 is 5.84 Å². The third kappa shape index (κ3) is 2.98. The van der Waals surface area contributed by atoms with Crippen molar-refractivity contribution in [1.82, 2.24) is 0 Å². The van der Waals surface area contributed by atoms with Gasteiger partial charge in [-0.2, -0.15) is 5.10 Å². The summed E-state index contributed by atoms with van der Waals surface area (Å²) in [4.78, 5) is 0. The van der Waals surface area contributed by atoms with Gasteiger partial charge in [-0.15, -0.1) is 5.11 Å². The molecule has 0 radical (unpaired) electrons. The van der Waals surface area contributed by atoms with E-state index in [1.807, 2.05) is 13.8 Å². The first-order chi connectivity index (χ1) is 5.44. The fourth-order valence-electron chi connectivity index (χ4n) is 1.47. The number of nitrogens with one attached hydrogen (secondary N) is 1. The second kappa shape index (κ2) is 4.18. The average molecular weight is 170 g/mol. The molecule has 0 rings (SSSR count). The molecule has 0 aromatic carbocycles. The maximum atomic E-state index is 6.87. The molecule has 0 aromatic heterocycles. The number of hydrogen-bond donors (Lipinski definition) is 2. The largest absolute Gasteiger partial charge is 0.321 e. The van der Waals surface area contributed by atoms with E-state index in [4.69, 9.17) is 11.4 Å². The minimum atomic E-state index is -0.190. The molecule has 0 aliphatic rings. The van der Waals surface area contributed by atoms with Crippen molar-refractivity contribution in [2.75, 3.05) is 0 Å². The third-order valence-corrected chi connectivity index (χ3v) is 1.75. The lowest BCUT2D eigenvalue weighted by Crippen LogP contribution is -2.25. The van der Waals surface area contributed by atoms with Crippen molar-refractivity contribution in [2.24, 2.45) is 27.4 Å². The molecule has 0 fully saturated rings. The predicted molar refractivity (Wildman–Crippen MR) is 50.0 cm³/mol. The molecule has 0 saturated heterocycles. The summed E-state index contributed by atoms with van der Waals surface area (Å²) in [5, 5.41) is 6.80. The smallest absolute Gasteiger partial charge is 0.175 e. The van der Waals surface area contributed by atoms with Crippen molar-refractivity contribution in [3.8, 4) is 0 Å². The number of amidine groups is 1. The summed E-state index contributed by atoms with van der Waals surface area (Å²) >= 11 is 0. The lowest BCUT2D eigenvalue weighted by atomic mass is 9.83. The van der Waals surface area contributed by atoms with Crippen molar-refractivity contribution >= 4 is 5.84 Å². The molecule has 70 valence electrons. The Kier molecular flexibility index (Phi) is 3.86. The fourth-order valence-corrected chi connectivity index (χ4v) is 1.47. The highest BCUT2D eigenvalue weighted by molar-refractivity contribution is 5.87. The standard InChI is InChI=1S/C8H18N4/c1-6(2)5-8(3,4)7(11-9)12-10/h6,9H,5,10H2,1-4H3/b11-9?,12-7-. The van der Waals surface area contributed by atoms with E-state index in [-0.39, 0.29) is 5.41 Å². The molecular formula is C8H18N4. The van der Waals surface area contributed by atoms with Gasteiger partial charge in [0.1, 0.15) is 0 Å². The number of nitrogens with two attached hydrogens (primary N) is 1. The molecule has 0 aliphatic carbocycles. The van der Waals surface area contributed by atoms with Crippen LogP contribution in [-0.4, -0.2) is 5.84 Å². The maximum absolute atomic E-state index is 6.87. The van der Waals surface area contributed by atoms with Crippen LogP contribution in [0, 0.1) is 16.9 Å². The summed E-state index contributed by atoms with van der Waals surface area (Å²) in [6.07, 6.45) is 0.936. The number of hydrogen-bond acceptors (Lipinski definition) is 3. The van der Waals surface area contributed by atoms with Gasteiger partial charge < -0.3 is 5.84 Å². The third-order valence-electron chi connectivity index (χ3n) is 1.75. The SMILES string of the molecule is CC(C)CC(C)(C)/C(N=N)=N/N. The quantitative estimate of drug-likeness (QED) is 0.220. The Morgan fingerprint density at radius 1 is 1.50 bits per heavy atom.